The molecule has 1 fully saturated rings. The molecule has 2 nitrogen and oxygen atoms in total. The number of ether oxygens (including phenoxy) is 2. The fraction of sp³-hybridized carbons (Fsp3) is 1.00. The maximum absolute atomic E-state index is 6.28. The van der Waals surface area contributed by atoms with E-state index in [1.165, 1.54) is 19.3 Å². The Balaban J connectivity index is 2.81. The zero-order valence-corrected chi connectivity index (χ0v) is 14.5. The lowest BCUT2D eigenvalue weighted by molar-refractivity contribution is -0.0711. The highest BCUT2D eigenvalue weighted by Gasteiger charge is 2.41. The van der Waals surface area contributed by atoms with Gasteiger partial charge in [-0.25, -0.2) is 0 Å². The Morgan fingerprint density at radius 2 is 1.50 bits per heavy atom. The molecule has 0 aliphatic heterocycles. The van der Waals surface area contributed by atoms with E-state index in [2.05, 4.69) is 27.7 Å². The van der Waals surface area contributed by atoms with Gasteiger partial charge in [-0.1, -0.05) is 13.8 Å². The number of hydrogen-bond donors (Lipinski definition) is 0. The first kappa shape index (κ1) is 18.3. The third kappa shape index (κ3) is 5.54. The lowest BCUT2D eigenvalue weighted by Gasteiger charge is -2.44. The first-order chi connectivity index (χ1) is 9.54. The van der Waals surface area contributed by atoms with Gasteiger partial charge in [-0.2, -0.15) is 0 Å². The molecule has 0 amide bonds. The average Bonchev–Trinajstić information content (AvgIpc) is 2.42. The molecular formula is C17H33ClO2. The van der Waals surface area contributed by atoms with Crippen LogP contribution in [0.25, 0.3) is 0 Å². The summed E-state index contributed by atoms with van der Waals surface area (Å²) < 4.78 is 11.7. The minimum atomic E-state index is 0.178. The van der Waals surface area contributed by atoms with E-state index < -0.39 is 0 Å². The lowest BCUT2D eigenvalue weighted by Crippen LogP contribution is -2.43. The van der Waals surface area contributed by atoms with Crippen molar-refractivity contribution in [1.29, 1.82) is 0 Å². The van der Waals surface area contributed by atoms with Gasteiger partial charge in [-0.05, 0) is 57.8 Å². The minimum absolute atomic E-state index is 0.178. The molecule has 1 aliphatic carbocycles. The van der Waals surface area contributed by atoms with Gasteiger partial charge < -0.3 is 9.47 Å². The molecule has 120 valence electrons. The van der Waals surface area contributed by atoms with Crippen LogP contribution in [-0.2, 0) is 9.47 Å². The van der Waals surface area contributed by atoms with Crippen molar-refractivity contribution in [2.24, 2.45) is 17.3 Å². The molecule has 0 N–H and O–H groups in total. The van der Waals surface area contributed by atoms with Crippen LogP contribution in [-0.4, -0.2) is 31.8 Å². The van der Waals surface area contributed by atoms with Crippen molar-refractivity contribution < 1.29 is 9.47 Å². The summed E-state index contributed by atoms with van der Waals surface area (Å²) in [6, 6.07) is 0. The van der Waals surface area contributed by atoms with Gasteiger partial charge in [-0.3, -0.25) is 0 Å². The molecule has 0 aromatic rings. The van der Waals surface area contributed by atoms with Crippen LogP contribution in [0.15, 0.2) is 0 Å². The van der Waals surface area contributed by atoms with Gasteiger partial charge in [0.25, 0.3) is 0 Å². The Morgan fingerprint density at radius 1 is 1.00 bits per heavy atom. The molecule has 0 bridgehead atoms. The Kier molecular flexibility index (Phi) is 8.47. The zero-order chi connectivity index (χ0) is 15.0. The van der Waals surface area contributed by atoms with Crippen LogP contribution in [0.2, 0.25) is 0 Å². The monoisotopic (exact) mass is 304 g/mol. The second kappa shape index (κ2) is 9.27. The Morgan fingerprint density at radius 3 is 1.90 bits per heavy atom. The summed E-state index contributed by atoms with van der Waals surface area (Å²) in [4.78, 5) is 0. The highest BCUT2D eigenvalue weighted by molar-refractivity contribution is 6.20. The van der Waals surface area contributed by atoms with Gasteiger partial charge in [-0.15, -0.1) is 11.6 Å². The third-order valence-electron chi connectivity index (χ3n) is 4.52. The number of rotatable bonds is 9. The molecule has 0 saturated heterocycles. The van der Waals surface area contributed by atoms with Gasteiger partial charge in [0.05, 0.1) is 13.2 Å². The van der Waals surface area contributed by atoms with Gasteiger partial charge in [0.2, 0.25) is 0 Å². The average molecular weight is 305 g/mol. The SMILES string of the molecule is CCOCC(COCC)(CC(C)C)C1CCC(Cl)CC1. The summed E-state index contributed by atoms with van der Waals surface area (Å²) in [5.74, 6) is 1.36. The smallest absolute Gasteiger partial charge is 0.0547 e. The van der Waals surface area contributed by atoms with Crippen LogP contribution in [0.5, 0.6) is 0 Å². The number of alkyl halides is 1. The molecule has 0 radical (unpaired) electrons. The second-order valence-electron chi connectivity index (χ2n) is 6.68. The quantitative estimate of drug-likeness (QED) is 0.565. The molecule has 3 heteroatoms. The van der Waals surface area contributed by atoms with Crippen LogP contribution >= 0.6 is 11.6 Å². The van der Waals surface area contributed by atoms with E-state index in [0.29, 0.717) is 17.2 Å². The van der Waals surface area contributed by atoms with Crippen molar-refractivity contribution in [1.82, 2.24) is 0 Å². The molecule has 1 rings (SSSR count). The van der Waals surface area contributed by atoms with E-state index in [1.54, 1.807) is 0 Å². The van der Waals surface area contributed by atoms with Crippen molar-refractivity contribution in [2.45, 2.75) is 65.2 Å². The van der Waals surface area contributed by atoms with Crippen molar-refractivity contribution in [2.75, 3.05) is 26.4 Å². The molecule has 0 aromatic carbocycles. The van der Waals surface area contributed by atoms with Gasteiger partial charge >= 0.3 is 0 Å². The predicted molar refractivity (Wildman–Crippen MR) is 86.5 cm³/mol. The minimum Gasteiger partial charge on any atom is -0.381 e. The standard InChI is InChI=1S/C17H33ClO2/c1-5-19-12-17(11-14(3)4,13-20-6-2)15-7-9-16(18)10-8-15/h14-16H,5-13H2,1-4H3. The van der Waals surface area contributed by atoms with Crippen LogP contribution in [0.4, 0.5) is 0 Å². The van der Waals surface area contributed by atoms with Gasteiger partial charge in [0, 0.05) is 24.0 Å². The first-order valence-electron chi connectivity index (χ1n) is 8.33. The molecule has 0 spiro atoms. The Hall–Kier alpha value is 0.210. The van der Waals surface area contributed by atoms with E-state index in [9.17, 15) is 0 Å². The fourth-order valence-corrected chi connectivity index (χ4v) is 3.90. The van der Waals surface area contributed by atoms with Gasteiger partial charge in [0.15, 0.2) is 0 Å². The summed E-state index contributed by atoms with van der Waals surface area (Å²) in [6.07, 6.45) is 5.92. The van der Waals surface area contributed by atoms with Crippen molar-refractivity contribution in [3.8, 4) is 0 Å². The third-order valence-corrected chi connectivity index (χ3v) is 4.96. The summed E-state index contributed by atoms with van der Waals surface area (Å²) in [5.41, 5.74) is 0.178. The first-order valence-corrected chi connectivity index (χ1v) is 8.77. The van der Waals surface area contributed by atoms with Crippen molar-refractivity contribution in [3.05, 3.63) is 0 Å². The van der Waals surface area contributed by atoms with E-state index >= 15 is 0 Å². The van der Waals surface area contributed by atoms with E-state index in [1.807, 2.05) is 0 Å². The molecule has 1 saturated carbocycles. The Labute approximate surface area is 130 Å². The maximum atomic E-state index is 6.28. The number of hydrogen-bond acceptors (Lipinski definition) is 2. The zero-order valence-electron chi connectivity index (χ0n) is 13.8. The largest absolute Gasteiger partial charge is 0.381 e. The number of halogens is 1. The van der Waals surface area contributed by atoms with E-state index in [0.717, 1.165) is 39.3 Å². The van der Waals surface area contributed by atoms with Gasteiger partial charge in [0.1, 0.15) is 0 Å². The van der Waals surface area contributed by atoms with E-state index in [4.69, 9.17) is 21.1 Å². The second-order valence-corrected chi connectivity index (χ2v) is 7.30. The molecule has 0 heterocycles. The van der Waals surface area contributed by atoms with Crippen LogP contribution in [0.1, 0.15) is 59.8 Å². The summed E-state index contributed by atoms with van der Waals surface area (Å²) in [7, 11) is 0. The fourth-order valence-electron chi connectivity index (χ4n) is 3.65. The summed E-state index contributed by atoms with van der Waals surface area (Å²) in [5, 5.41) is 0.377. The van der Waals surface area contributed by atoms with E-state index in [-0.39, 0.29) is 5.41 Å². The molecule has 0 unspecified atom stereocenters. The molecular weight excluding hydrogens is 272 g/mol. The highest BCUT2D eigenvalue weighted by Crippen LogP contribution is 2.44. The molecule has 1 aliphatic rings. The predicted octanol–water partition coefficient (Wildman–Crippen LogP) is 4.89. The molecule has 0 atom stereocenters. The lowest BCUT2D eigenvalue weighted by atomic mass is 9.65. The molecule has 0 aromatic heterocycles. The maximum Gasteiger partial charge on any atom is 0.0547 e. The van der Waals surface area contributed by atoms with Crippen LogP contribution in [0, 0.1) is 17.3 Å². The van der Waals surface area contributed by atoms with Crippen LogP contribution in [0.3, 0.4) is 0 Å². The topological polar surface area (TPSA) is 18.5 Å². The summed E-state index contributed by atoms with van der Waals surface area (Å²) in [6.45, 7) is 12.0. The summed E-state index contributed by atoms with van der Waals surface area (Å²) >= 11 is 6.28. The van der Waals surface area contributed by atoms with Crippen molar-refractivity contribution in [3.63, 3.8) is 0 Å². The highest BCUT2D eigenvalue weighted by atomic mass is 35.5. The van der Waals surface area contributed by atoms with Crippen molar-refractivity contribution >= 4 is 11.6 Å². The van der Waals surface area contributed by atoms with Crippen LogP contribution < -0.4 is 0 Å². The Bertz CT molecular complexity index is 239. The normalized spacial score (nSPS) is 24.3. The molecule has 20 heavy (non-hydrogen) atoms.